The van der Waals surface area contributed by atoms with Crippen molar-refractivity contribution >= 4 is 44.6 Å². The second kappa shape index (κ2) is 9.10. The molecule has 0 saturated carbocycles. The van der Waals surface area contributed by atoms with Gasteiger partial charge in [-0.05, 0) is 37.6 Å². The molecular formula is C20H23N7O5S. The van der Waals surface area contributed by atoms with Gasteiger partial charge in [-0.3, -0.25) is 14.4 Å². The lowest BCUT2D eigenvalue weighted by molar-refractivity contribution is -0.133. The van der Waals surface area contributed by atoms with Gasteiger partial charge in [0.05, 0.1) is 17.5 Å². The van der Waals surface area contributed by atoms with Crippen LogP contribution in [0.25, 0.3) is 0 Å². The first-order valence-electron chi connectivity index (χ1n) is 10.4. The molecule has 0 aliphatic carbocycles. The average Bonchev–Trinajstić information content (AvgIpc) is 3.44. The molecule has 2 atom stereocenters. The van der Waals surface area contributed by atoms with Crippen LogP contribution >= 0.6 is 0 Å². The number of sulfone groups is 1. The summed E-state index contributed by atoms with van der Waals surface area (Å²) in [4.78, 5) is 41.0. The Morgan fingerprint density at radius 1 is 1.12 bits per heavy atom. The first-order valence-corrected chi connectivity index (χ1v) is 12.2. The SMILES string of the molecule is CC(C(=O)Nc1ccc(NC(=O)C2=NN(C3CCS(=O)(=O)C3)C(=O)CC2)cc1)n1cncn1. The van der Waals surface area contributed by atoms with E-state index in [0.717, 1.165) is 5.01 Å². The molecule has 2 aliphatic heterocycles. The number of anilines is 2. The largest absolute Gasteiger partial charge is 0.324 e. The number of nitrogens with zero attached hydrogens (tertiary/aromatic N) is 5. The predicted octanol–water partition coefficient (Wildman–Crippen LogP) is 0.582. The van der Waals surface area contributed by atoms with Crippen LogP contribution in [0.2, 0.25) is 0 Å². The zero-order valence-corrected chi connectivity index (χ0v) is 18.7. The Bertz CT molecular complexity index is 1190. The summed E-state index contributed by atoms with van der Waals surface area (Å²) in [6.45, 7) is 1.69. The third kappa shape index (κ3) is 5.25. The summed E-state index contributed by atoms with van der Waals surface area (Å²) >= 11 is 0. The van der Waals surface area contributed by atoms with Gasteiger partial charge in [0.2, 0.25) is 11.8 Å². The highest BCUT2D eigenvalue weighted by molar-refractivity contribution is 7.91. The second-order valence-electron chi connectivity index (χ2n) is 7.91. The zero-order valence-electron chi connectivity index (χ0n) is 17.8. The molecule has 12 nitrogen and oxygen atoms in total. The van der Waals surface area contributed by atoms with E-state index in [1.807, 2.05) is 0 Å². The van der Waals surface area contributed by atoms with E-state index in [1.165, 1.54) is 17.3 Å². The highest BCUT2D eigenvalue weighted by Gasteiger charge is 2.37. The molecule has 0 bridgehead atoms. The van der Waals surface area contributed by atoms with Crippen molar-refractivity contribution in [2.45, 2.75) is 38.3 Å². The van der Waals surface area contributed by atoms with E-state index in [4.69, 9.17) is 0 Å². The van der Waals surface area contributed by atoms with Crippen LogP contribution in [-0.4, -0.2) is 69.2 Å². The topological polar surface area (TPSA) is 156 Å². The van der Waals surface area contributed by atoms with Crippen LogP contribution in [0.1, 0.15) is 32.2 Å². The van der Waals surface area contributed by atoms with Crippen LogP contribution in [0, 0.1) is 0 Å². The second-order valence-corrected chi connectivity index (χ2v) is 10.1. The lowest BCUT2D eigenvalue weighted by Crippen LogP contribution is -2.42. The van der Waals surface area contributed by atoms with Gasteiger partial charge in [-0.25, -0.2) is 23.1 Å². The summed E-state index contributed by atoms with van der Waals surface area (Å²) in [5.74, 6) is -1.15. The summed E-state index contributed by atoms with van der Waals surface area (Å²) in [6, 6.07) is 5.46. The van der Waals surface area contributed by atoms with Crippen molar-refractivity contribution in [3.63, 3.8) is 0 Å². The Kier molecular flexibility index (Phi) is 6.22. The van der Waals surface area contributed by atoms with Crippen LogP contribution < -0.4 is 10.6 Å². The first kappa shape index (κ1) is 22.6. The van der Waals surface area contributed by atoms with Crippen molar-refractivity contribution in [3.8, 4) is 0 Å². The van der Waals surface area contributed by atoms with Crippen molar-refractivity contribution in [2.24, 2.45) is 5.10 Å². The molecule has 0 spiro atoms. The Balaban J connectivity index is 1.37. The number of hydrogen-bond donors (Lipinski definition) is 2. The van der Waals surface area contributed by atoms with E-state index in [9.17, 15) is 22.8 Å². The zero-order chi connectivity index (χ0) is 23.6. The number of rotatable bonds is 6. The molecule has 1 fully saturated rings. The Morgan fingerprint density at radius 2 is 1.82 bits per heavy atom. The van der Waals surface area contributed by atoms with Crippen molar-refractivity contribution in [1.29, 1.82) is 0 Å². The minimum atomic E-state index is -3.19. The third-order valence-corrected chi connectivity index (χ3v) is 7.25. The molecule has 33 heavy (non-hydrogen) atoms. The Hall–Kier alpha value is -3.61. The Morgan fingerprint density at radius 3 is 2.42 bits per heavy atom. The van der Waals surface area contributed by atoms with Gasteiger partial charge in [0.15, 0.2) is 9.84 Å². The fourth-order valence-electron chi connectivity index (χ4n) is 3.61. The third-order valence-electron chi connectivity index (χ3n) is 5.50. The van der Waals surface area contributed by atoms with E-state index in [0.29, 0.717) is 17.8 Å². The summed E-state index contributed by atoms with van der Waals surface area (Å²) in [6.07, 6.45) is 3.39. The van der Waals surface area contributed by atoms with Gasteiger partial charge in [0, 0.05) is 24.2 Å². The molecule has 1 aromatic carbocycles. The van der Waals surface area contributed by atoms with Crippen LogP contribution in [0.15, 0.2) is 42.0 Å². The van der Waals surface area contributed by atoms with Crippen molar-refractivity contribution in [2.75, 3.05) is 22.1 Å². The maximum absolute atomic E-state index is 12.7. The Labute approximate surface area is 190 Å². The number of aromatic nitrogens is 3. The first-order chi connectivity index (χ1) is 15.7. The fraction of sp³-hybridized carbons (Fsp3) is 0.400. The van der Waals surface area contributed by atoms with Gasteiger partial charge in [0.25, 0.3) is 5.91 Å². The highest BCUT2D eigenvalue weighted by Crippen LogP contribution is 2.23. The molecule has 0 radical (unpaired) electrons. The minimum absolute atomic E-state index is 0.0129. The van der Waals surface area contributed by atoms with Gasteiger partial charge < -0.3 is 10.6 Å². The maximum Gasteiger partial charge on any atom is 0.271 e. The van der Waals surface area contributed by atoms with Crippen molar-refractivity contribution in [3.05, 3.63) is 36.9 Å². The molecule has 1 saturated heterocycles. The van der Waals surface area contributed by atoms with Crippen molar-refractivity contribution < 1.29 is 22.8 Å². The van der Waals surface area contributed by atoms with Gasteiger partial charge in [-0.15, -0.1) is 0 Å². The molecular weight excluding hydrogens is 450 g/mol. The van der Waals surface area contributed by atoms with Crippen LogP contribution in [0.3, 0.4) is 0 Å². The molecule has 2 N–H and O–H groups in total. The van der Waals surface area contributed by atoms with Gasteiger partial charge in [0.1, 0.15) is 24.4 Å². The van der Waals surface area contributed by atoms with E-state index in [-0.39, 0.29) is 41.9 Å². The number of nitrogens with one attached hydrogen (secondary N) is 2. The van der Waals surface area contributed by atoms with Crippen LogP contribution in [-0.2, 0) is 24.2 Å². The smallest absolute Gasteiger partial charge is 0.271 e. The number of amides is 3. The van der Waals surface area contributed by atoms with Gasteiger partial charge in [-0.2, -0.15) is 10.2 Å². The number of carbonyl (C=O) groups is 3. The quantitative estimate of drug-likeness (QED) is 0.621. The average molecular weight is 474 g/mol. The maximum atomic E-state index is 12.7. The highest BCUT2D eigenvalue weighted by atomic mass is 32.2. The number of benzene rings is 1. The summed E-state index contributed by atoms with van der Waals surface area (Å²) < 4.78 is 24.9. The van der Waals surface area contributed by atoms with Crippen LogP contribution in [0.5, 0.6) is 0 Å². The van der Waals surface area contributed by atoms with Crippen molar-refractivity contribution in [1.82, 2.24) is 19.8 Å². The van der Waals surface area contributed by atoms with Gasteiger partial charge in [-0.1, -0.05) is 0 Å². The summed E-state index contributed by atoms with van der Waals surface area (Å²) in [5.41, 5.74) is 1.19. The van der Waals surface area contributed by atoms with E-state index in [2.05, 4.69) is 25.8 Å². The lowest BCUT2D eigenvalue weighted by atomic mass is 10.1. The fourth-order valence-corrected chi connectivity index (χ4v) is 5.30. The molecule has 13 heteroatoms. The minimum Gasteiger partial charge on any atom is -0.324 e. The van der Waals surface area contributed by atoms with E-state index < -0.39 is 27.8 Å². The molecule has 3 amide bonds. The molecule has 3 heterocycles. The molecule has 4 rings (SSSR count). The number of hydrogen-bond acceptors (Lipinski definition) is 8. The molecule has 2 unspecified atom stereocenters. The normalized spacial score (nSPS) is 20.8. The van der Waals surface area contributed by atoms with E-state index in [1.54, 1.807) is 31.2 Å². The monoisotopic (exact) mass is 473 g/mol. The molecule has 2 aromatic rings. The van der Waals surface area contributed by atoms with Crippen LogP contribution in [0.4, 0.5) is 11.4 Å². The molecule has 1 aromatic heterocycles. The van der Waals surface area contributed by atoms with Gasteiger partial charge >= 0.3 is 0 Å². The summed E-state index contributed by atoms with van der Waals surface area (Å²) in [5, 5.41) is 14.7. The molecule has 2 aliphatic rings. The number of carbonyl (C=O) groups excluding carboxylic acids is 3. The standard InChI is InChI=1S/C20H23N7O5S/c1-13(26-12-21-11-22-26)19(29)23-14-2-4-15(5-3-14)24-20(30)17-6-7-18(28)27(25-17)16-8-9-33(31,32)10-16/h2-5,11-13,16H,6-10H2,1H3,(H,23,29)(H,24,30). The predicted molar refractivity (Wildman–Crippen MR) is 119 cm³/mol. The van der Waals surface area contributed by atoms with E-state index >= 15 is 0 Å². The number of hydrazone groups is 1. The summed E-state index contributed by atoms with van der Waals surface area (Å²) in [7, 11) is -3.19. The molecule has 174 valence electrons. The lowest BCUT2D eigenvalue weighted by Gasteiger charge is -2.27.